The molecule has 0 aromatic heterocycles. The van der Waals surface area contributed by atoms with E-state index in [9.17, 15) is 9.65 Å². The Morgan fingerprint density at radius 1 is 1.20 bits per heavy atom. The molecule has 0 radical (unpaired) electrons. The molecule has 0 bridgehead atoms. The van der Waals surface area contributed by atoms with Crippen molar-refractivity contribution in [2.45, 2.75) is 31.5 Å². The number of amidine groups is 1. The summed E-state index contributed by atoms with van der Waals surface area (Å²) in [6.07, 6.45) is 2.47. The number of benzene rings is 2. The molecule has 0 saturated heterocycles. The molecule has 1 atom stereocenters. The highest BCUT2D eigenvalue weighted by Crippen LogP contribution is 2.45. The number of nitriles is 1. The van der Waals surface area contributed by atoms with Crippen molar-refractivity contribution in [1.82, 2.24) is 4.90 Å². The molecule has 2 heterocycles. The van der Waals surface area contributed by atoms with Crippen molar-refractivity contribution >= 4 is 5.84 Å². The molecule has 2 aliphatic heterocycles. The zero-order valence-electron chi connectivity index (χ0n) is 17.2. The molecule has 156 valence electrons. The molecule has 0 amide bonds. The standard InChI is InChI=1S/C24H26FN3O2/c1-28(23-9-13-29-14-11-27-23)12-2-10-24(20-4-6-21(25)7-5-20)22-8-3-18(16-26)15-19(22)17-30-24/h3-8,15H,2,9-14,17H2,1H3. The highest BCUT2D eigenvalue weighted by Gasteiger charge is 2.41. The van der Waals surface area contributed by atoms with Crippen LogP contribution in [0.3, 0.4) is 0 Å². The van der Waals surface area contributed by atoms with Gasteiger partial charge >= 0.3 is 0 Å². The average molecular weight is 407 g/mol. The maximum Gasteiger partial charge on any atom is 0.123 e. The average Bonchev–Trinajstić information content (AvgIpc) is 2.93. The molecule has 0 fully saturated rings. The maximum atomic E-state index is 13.6. The van der Waals surface area contributed by atoms with Crippen molar-refractivity contribution in [1.29, 1.82) is 5.26 Å². The van der Waals surface area contributed by atoms with Gasteiger partial charge in [0.25, 0.3) is 0 Å². The van der Waals surface area contributed by atoms with Crippen molar-refractivity contribution in [3.8, 4) is 6.07 Å². The Morgan fingerprint density at radius 2 is 2.03 bits per heavy atom. The number of aliphatic imine (C=N–C) groups is 1. The summed E-state index contributed by atoms with van der Waals surface area (Å²) < 4.78 is 25.5. The Bertz CT molecular complexity index is 967. The lowest BCUT2D eigenvalue weighted by Crippen LogP contribution is -2.32. The van der Waals surface area contributed by atoms with Crippen molar-refractivity contribution in [2.24, 2.45) is 4.99 Å². The van der Waals surface area contributed by atoms with Crippen LogP contribution in [0.1, 0.15) is 41.5 Å². The first-order valence-electron chi connectivity index (χ1n) is 10.4. The fourth-order valence-electron chi connectivity index (χ4n) is 4.35. The van der Waals surface area contributed by atoms with Gasteiger partial charge in [-0.05, 0) is 53.8 Å². The van der Waals surface area contributed by atoms with Crippen LogP contribution in [-0.2, 0) is 21.7 Å². The highest BCUT2D eigenvalue weighted by atomic mass is 19.1. The summed E-state index contributed by atoms with van der Waals surface area (Å²) in [5.41, 5.74) is 3.02. The van der Waals surface area contributed by atoms with Crippen molar-refractivity contribution in [3.05, 3.63) is 70.5 Å². The predicted molar refractivity (Wildman–Crippen MR) is 113 cm³/mol. The van der Waals surface area contributed by atoms with E-state index in [-0.39, 0.29) is 5.82 Å². The van der Waals surface area contributed by atoms with Crippen molar-refractivity contribution in [3.63, 3.8) is 0 Å². The number of nitrogens with zero attached hydrogens (tertiary/aromatic N) is 3. The van der Waals surface area contributed by atoms with Crippen molar-refractivity contribution < 1.29 is 13.9 Å². The first kappa shape index (κ1) is 20.5. The summed E-state index contributed by atoms with van der Waals surface area (Å²) in [7, 11) is 2.07. The summed E-state index contributed by atoms with van der Waals surface area (Å²) in [5.74, 6) is 0.815. The molecule has 0 saturated carbocycles. The molecule has 6 heteroatoms. The van der Waals surface area contributed by atoms with Crippen LogP contribution in [0.2, 0.25) is 0 Å². The third-order valence-electron chi connectivity index (χ3n) is 5.92. The molecular formula is C24H26FN3O2. The molecule has 4 rings (SSSR count). The van der Waals surface area contributed by atoms with Crippen LogP contribution in [-0.4, -0.2) is 44.1 Å². The quantitative estimate of drug-likeness (QED) is 0.752. The van der Waals surface area contributed by atoms with E-state index < -0.39 is 5.60 Å². The predicted octanol–water partition coefficient (Wildman–Crippen LogP) is 4.00. The summed E-state index contributed by atoms with van der Waals surface area (Å²) in [6.45, 7) is 3.39. The lowest BCUT2D eigenvalue weighted by atomic mass is 9.81. The van der Waals surface area contributed by atoms with Crippen LogP contribution >= 0.6 is 0 Å². The van der Waals surface area contributed by atoms with E-state index in [0.29, 0.717) is 31.9 Å². The van der Waals surface area contributed by atoms with Gasteiger partial charge in [-0.3, -0.25) is 4.99 Å². The lowest BCUT2D eigenvalue weighted by Gasteiger charge is -2.32. The van der Waals surface area contributed by atoms with E-state index in [1.165, 1.54) is 12.1 Å². The van der Waals surface area contributed by atoms with E-state index in [4.69, 9.17) is 9.47 Å². The molecule has 5 nitrogen and oxygen atoms in total. The maximum absolute atomic E-state index is 13.6. The largest absolute Gasteiger partial charge is 0.379 e. The third-order valence-corrected chi connectivity index (χ3v) is 5.92. The minimum atomic E-state index is -0.633. The van der Waals surface area contributed by atoms with Crippen LogP contribution in [0.25, 0.3) is 0 Å². The smallest absolute Gasteiger partial charge is 0.123 e. The number of fused-ring (bicyclic) bond motifs is 1. The molecule has 30 heavy (non-hydrogen) atoms. The van der Waals surface area contributed by atoms with Gasteiger partial charge in [0.15, 0.2) is 0 Å². The topological polar surface area (TPSA) is 57.8 Å². The van der Waals surface area contributed by atoms with Crippen LogP contribution < -0.4 is 0 Å². The van der Waals surface area contributed by atoms with E-state index in [1.54, 1.807) is 12.1 Å². The second kappa shape index (κ2) is 8.95. The second-order valence-electron chi connectivity index (χ2n) is 7.79. The number of rotatable bonds is 5. The van der Waals surface area contributed by atoms with Gasteiger partial charge in [0.05, 0.1) is 38.0 Å². The van der Waals surface area contributed by atoms with Crippen LogP contribution in [0.5, 0.6) is 0 Å². The molecule has 2 aromatic carbocycles. The zero-order chi connectivity index (χ0) is 21.0. The Kier molecular flexibility index (Phi) is 6.12. The molecule has 2 aromatic rings. The van der Waals surface area contributed by atoms with E-state index >= 15 is 0 Å². The van der Waals surface area contributed by atoms with Gasteiger partial charge in [0.1, 0.15) is 17.3 Å². The van der Waals surface area contributed by atoms with E-state index in [0.717, 1.165) is 48.3 Å². The lowest BCUT2D eigenvalue weighted by molar-refractivity contribution is -0.0136. The first-order chi connectivity index (χ1) is 14.6. The fraction of sp³-hybridized carbons (Fsp3) is 0.417. The minimum Gasteiger partial charge on any atom is -0.379 e. The van der Waals surface area contributed by atoms with E-state index in [1.807, 2.05) is 18.2 Å². The molecule has 2 aliphatic rings. The fourth-order valence-corrected chi connectivity index (χ4v) is 4.35. The van der Waals surface area contributed by atoms with E-state index in [2.05, 4.69) is 23.0 Å². The molecule has 1 unspecified atom stereocenters. The molecule has 0 aliphatic carbocycles. The molecule has 0 spiro atoms. The number of hydrogen-bond acceptors (Lipinski definition) is 5. The number of hydrogen-bond donors (Lipinski definition) is 0. The van der Waals surface area contributed by atoms with Gasteiger partial charge in [0.2, 0.25) is 0 Å². The Hall–Kier alpha value is -2.75. The van der Waals surface area contributed by atoms with Gasteiger partial charge in [-0.2, -0.15) is 5.26 Å². The van der Waals surface area contributed by atoms with Crippen LogP contribution in [0.4, 0.5) is 4.39 Å². The highest BCUT2D eigenvalue weighted by molar-refractivity contribution is 5.82. The monoisotopic (exact) mass is 407 g/mol. The van der Waals surface area contributed by atoms with Gasteiger partial charge in [0, 0.05) is 20.0 Å². The van der Waals surface area contributed by atoms with Gasteiger partial charge in [-0.15, -0.1) is 0 Å². The second-order valence-corrected chi connectivity index (χ2v) is 7.79. The SMILES string of the molecule is CN(CCCC1(c2ccc(F)cc2)OCc2cc(C#N)ccc21)C1=NCCOCC1. The van der Waals surface area contributed by atoms with Crippen LogP contribution in [0, 0.1) is 17.1 Å². The Labute approximate surface area is 176 Å². The zero-order valence-corrected chi connectivity index (χ0v) is 17.2. The van der Waals surface area contributed by atoms with Crippen molar-refractivity contribution in [2.75, 3.05) is 33.4 Å². The summed E-state index contributed by atoms with van der Waals surface area (Å²) in [6, 6.07) is 14.5. The normalized spacial score (nSPS) is 20.8. The number of ether oxygens (including phenoxy) is 2. The minimum absolute atomic E-state index is 0.264. The summed E-state index contributed by atoms with van der Waals surface area (Å²) in [5, 5.41) is 9.23. The molecular weight excluding hydrogens is 381 g/mol. The van der Waals surface area contributed by atoms with Gasteiger partial charge in [-0.1, -0.05) is 18.2 Å². The van der Waals surface area contributed by atoms with Gasteiger partial charge < -0.3 is 14.4 Å². The third kappa shape index (κ3) is 4.09. The summed E-state index contributed by atoms with van der Waals surface area (Å²) in [4.78, 5) is 6.82. The Morgan fingerprint density at radius 3 is 2.83 bits per heavy atom. The van der Waals surface area contributed by atoms with Crippen LogP contribution in [0.15, 0.2) is 47.5 Å². The number of halogens is 1. The Balaban J connectivity index is 1.57. The first-order valence-corrected chi connectivity index (χ1v) is 10.4. The molecule has 0 N–H and O–H groups in total. The van der Waals surface area contributed by atoms with Gasteiger partial charge in [-0.25, -0.2) is 4.39 Å². The summed E-state index contributed by atoms with van der Waals surface area (Å²) >= 11 is 0.